The average molecular weight is 309 g/mol. The van der Waals surface area contributed by atoms with Gasteiger partial charge in [0.25, 0.3) is 5.91 Å². The lowest BCUT2D eigenvalue weighted by molar-refractivity contribution is -0.140. The van der Waals surface area contributed by atoms with E-state index in [0.717, 1.165) is 0 Å². The summed E-state index contributed by atoms with van der Waals surface area (Å²) in [7, 11) is 1.36. The minimum Gasteiger partial charge on any atom is -0.480 e. The number of aliphatic carboxylic acids is 1. The van der Waals surface area contributed by atoms with Crippen molar-refractivity contribution < 1.29 is 19.4 Å². The van der Waals surface area contributed by atoms with Crippen molar-refractivity contribution >= 4 is 34.4 Å². The van der Waals surface area contributed by atoms with Gasteiger partial charge in [0.15, 0.2) is 6.04 Å². The van der Waals surface area contributed by atoms with Crippen LogP contribution < -0.4 is 5.32 Å². The van der Waals surface area contributed by atoms with E-state index in [4.69, 9.17) is 21.4 Å². The first-order chi connectivity index (χ1) is 10.0. The number of halogens is 1. The third kappa shape index (κ3) is 3.48. The fraction of sp³-hybridized carbons (Fsp3) is 0.214. The summed E-state index contributed by atoms with van der Waals surface area (Å²) in [6, 6.07) is 7.26. The molecule has 1 amide bonds. The van der Waals surface area contributed by atoms with Crippen LogP contribution in [0.4, 0.5) is 0 Å². The van der Waals surface area contributed by atoms with Crippen molar-refractivity contribution in [2.24, 2.45) is 0 Å². The Morgan fingerprint density at radius 1 is 1.43 bits per heavy atom. The summed E-state index contributed by atoms with van der Waals surface area (Å²) in [5.41, 5.74) is 0.835. The molecule has 1 aromatic carbocycles. The summed E-state index contributed by atoms with van der Waals surface area (Å²) in [4.78, 5) is 27.5. The minimum absolute atomic E-state index is 0.127. The number of ether oxygens (including phenoxy) is 1. The number of carbonyl (C=O) groups excluding carboxylic acids is 1. The molecule has 6 nitrogen and oxygen atoms in total. The second-order valence-corrected chi connectivity index (χ2v) is 4.72. The number of methoxy groups -OCH3 is 1. The van der Waals surface area contributed by atoms with Gasteiger partial charge in [0.1, 0.15) is 5.15 Å². The molecule has 7 heteroatoms. The third-order valence-corrected chi connectivity index (χ3v) is 3.06. The maximum Gasteiger partial charge on any atom is 0.328 e. The number of fused-ring (bicyclic) bond motifs is 1. The van der Waals surface area contributed by atoms with Crippen LogP contribution >= 0.6 is 11.6 Å². The summed E-state index contributed by atoms with van der Waals surface area (Å²) in [6.45, 7) is -0.127. The maximum absolute atomic E-state index is 12.3. The highest BCUT2D eigenvalue weighted by atomic mass is 35.5. The van der Waals surface area contributed by atoms with Gasteiger partial charge in [-0.05, 0) is 12.1 Å². The van der Waals surface area contributed by atoms with Crippen LogP contribution in [0.25, 0.3) is 10.9 Å². The zero-order chi connectivity index (χ0) is 15.4. The Morgan fingerprint density at radius 3 is 2.81 bits per heavy atom. The zero-order valence-corrected chi connectivity index (χ0v) is 11.9. The van der Waals surface area contributed by atoms with Gasteiger partial charge in [-0.15, -0.1) is 0 Å². The molecule has 0 aliphatic carbocycles. The van der Waals surface area contributed by atoms with Crippen LogP contribution in [0, 0.1) is 0 Å². The number of hydrogen-bond donors (Lipinski definition) is 2. The molecule has 0 fully saturated rings. The fourth-order valence-electron chi connectivity index (χ4n) is 1.91. The smallest absolute Gasteiger partial charge is 0.328 e. The van der Waals surface area contributed by atoms with Gasteiger partial charge in [-0.2, -0.15) is 0 Å². The number of rotatable bonds is 5. The van der Waals surface area contributed by atoms with Crippen molar-refractivity contribution in [3.05, 3.63) is 41.0 Å². The Bertz CT molecular complexity index is 690. The largest absolute Gasteiger partial charge is 0.480 e. The number of carboxylic acids is 1. The van der Waals surface area contributed by atoms with Gasteiger partial charge in [-0.3, -0.25) is 4.79 Å². The van der Waals surface area contributed by atoms with Crippen LogP contribution in [-0.2, 0) is 9.53 Å². The van der Waals surface area contributed by atoms with Crippen molar-refractivity contribution in [1.82, 2.24) is 10.3 Å². The Balaban J connectivity index is 2.37. The van der Waals surface area contributed by atoms with E-state index >= 15 is 0 Å². The molecule has 0 aliphatic rings. The minimum atomic E-state index is -1.17. The quantitative estimate of drug-likeness (QED) is 0.821. The van der Waals surface area contributed by atoms with E-state index in [1.54, 1.807) is 24.3 Å². The lowest BCUT2D eigenvalue weighted by Gasteiger charge is -2.14. The molecule has 21 heavy (non-hydrogen) atoms. The number of carbonyl (C=O) groups is 2. The number of amides is 1. The SMILES string of the molecule is COCC(NC(=O)c1cc(Cl)nc2ccccc12)C(=O)O. The lowest BCUT2D eigenvalue weighted by atomic mass is 10.1. The molecule has 2 aromatic rings. The van der Waals surface area contributed by atoms with Crippen molar-refractivity contribution in [2.75, 3.05) is 13.7 Å². The number of hydrogen-bond acceptors (Lipinski definition) is 4. The number of carboxylic acid groups (broad SMARTS) is 1. The number of benzene rings is 1. The molecular weight excluding hydrogens is 296 g/mol. The van der Waals surface area contributed by atoms with Crippen LogP contribution in [0.3, 0.4) is 0 Å². The standard InChI is InChI=1S/C14H13ClN2O4/c1-21-7-11(14(19)20)17-13(18)9-6-12(15)16-10-5-3-2-4-8(9)10/h2-6,11H,7H2,1H3,(H,17,18)(H,19,20). The van der Waals surface area contributed by atoms with Gasteiger partial charge >= 0.3 is 5.97 Å². The number of pyridine rings is 1. The van der Waals surface area contributed by atoms with Gasteiger partial charge in [0.05, 0.1) is 17.7 Å². The molecule has 1 aromatic heterocycles. The van der Waals surface area contributed by atoms with E-state index in [-0.39, 0.29) is 17.3 Å². The summed E-state index contributed by atoms with van der Waals surface area (Å²) in [6.07, 6.45) is 0. The van der Waals surface area contributed by atoms with Crippen LogP contribution in [0.1, 0.15) is 10.4 Å². The molecular formula is C14H13ClN2O4. The number of nitrogens with zero attached hydrogens (tertiary/aromatic N) is 1. The summed E-state index contributed by atoms with van der Waals surface area (Å²) < 4.78 is 4.78. The van der Waals surface area contributed by atoms with Crippen molar-refractivity contribution in [3.8, 4) is 0 Å². The molecule has 2 N–H and O–H groups in total. The maximum atomic E-state index is 12.3. The number of nitrogens with one attached hydrogen (secondary N) is 1. The van der Waals surface area contributed by atoms with Crippen LogP contribution in [0.5, 0.6) is 0 Å². The molecule has 0 saturated carbocycles. The molecule has 1 unspecified atom stereocenters. The van der Waals surface area contributed by atoms with E-state index in [1.165, 1.54) is 13.2 Å². The molecule has 110 valence electrons. The molecule has 2 rings (SSSR count). The van der Waals surface area contributed by atoms with Crippen molar-refractivity contribution in [1.29, 1.82) is 0 Å². The predicted octanol–water partition coefficient (Wildman–Crippen LogP) is 1.72. The molecule has 0 aliphatic heterocycles. The summed E-state index contributed by atoms with van der Waals surface area (Å²) in [5.74, 6) is -1.71. The zero-order valence-electron chi connectivity index (χ0n) is 11.2. The van der Waals surface area contributed by atoms with Crippen molar-refractivity contribution in [2.45, 2.75) is 6.04 Å². The van der Waals surface area contributed by atoms with Crippen LogP contribution in [0.15, 0.2) is 30.3 Å². The van der Waals surface area contributed by atoms with Gasteiger partial charge in [-0.25, -0.2) is 9.78 Å². The second-order valence-electron chi connectivity index (χ2n) is 4.33. The summed E-state index contributed by atoms with van der Waals surface area (Å²) >= 11 is 5.90. The van der Waals surface area contributed by atoms with Gasteiger partial charge in [0.2, 0.25) is 0 Å². The Morgan fingerprint density at radius 2 is 2.14 bits per heavy atom. The second kappa shape index (κ2) is 6.51. The first kappa shape index (κ1) is 15.2. The topological polar surface area (TPSA) is 88.5 Å². The van der Waals surface area contributed by atoms with E-state index in [2.05, 4.69) is 10.3 Å². The molecule has 0 radical (unpaired) electrons. The molecule has 0 saturated heterocycles. The first-order valence-electron chi connectivity index (χ1n) is 6.11. The van der Waals surface area contributed by atoms with Gasteiger partial charge in [0, 0.05) is 12.5 Å². The highest BCUT2D eigenvalue weighted by molar-refractivity contribution is 6.30. The Labute approximate surface area is 125 Å². The average Bonchev–Trinajstić information content (AvgIpc) is 2.45. The van der Waals surface area contributed by atoms with Crippen LogP contribution in [0.2, 0.25) is 5.15 Å². The lowest BCUT2D eigenvalue weighted by Crippen LogP contribution is -2.43. The van der Waals surface area contributed by atoms with Gasteiger partial charge in [-0.1, -0.05) is 29.8 Å². The van der Waals surface area contributed by atoms with E-state index in [9.17, 15) is 9.59 Å². The Hall–Kier alpha value is -2.18. The van der Waals surface area contributed by atoms with E-state index < -0.39 is 17.9 Å². The predicted molar refractivity (Wildman–Crippen MR) is 77.5 cm³/mol. The molecule has 1 atom stereocenters. The third-order valence-electron chi connectivity index (χ3n) is 2.87. The first-order valence-corrected chi connectivity index (χ1v) is 6.48. The van der Waals surface area contributed by atoms with Gasteiger partial charge < -0.3 is 15.2 Å². The molecule has 0 bridgehead atoms. The van der Waals surface area contributed by atoms with E-state index in [1.807, 2.05) is 0 Å². The highest BCUT2D eigenvalue weighted by Gasteiger charge is 2.22. The fourth-order valence-corrected chi connectivity index (χ4v) is 2.11. The summed E-state index contributed by atoms with van der Waals surface area (Å²) in [5, 5.41) is 12.2. The highest BCUT2D eigenvalue weighted by Crippen LogP contribution is 2.20. The molecule has 0 spiro atoms. The monoisotopic (exact) mass is 308 g/mol. The number of para-hydroxylation sites is 1. The van der Waals surface area contributed by atoms with Crippen molar-refractivity contribution in [3.63, 3.8) is 0 Å². The molecule has 1 heterocycles. The van der Waals surface area contributed by atoms with Crippen LogP contribution in [-0.4, -0.2) is 41.7 Å². The Kier molecular flexibility index (Phi) is 4.72. The normalized spacial score (nSPS) is 12.1. The van der Waals surface area contributed by atoms with E-state index in [0.29, 0.717) is 10.9 Å². The number of aromatic nitrogens is 1.